The van der Waals surface area contributed by atoms with Gasteiger partial charge in [-0.15, -0.1) is 0 Å². The second kappa shape index (κ2) is 9.15. The number of nitrogens with one attached hydrogen (secondary N) is 1. The molecular weight excluding hydrogens is 410 g/mol. The van der Waals surface area contributed by atoms with Gasteiger partial charge < -0.3 is 29.4 Å². The molecule has 0 spiro atoms. The second-order valence-electron chi connectivity index (χ2n) is 7.68. The van der Waals surface area contributed by atoms with Crippen LogP contribution in [0.2, 0.25) is 0 Å². The van der Waals surface area contributed by atoms with Crippen molar-refractivity contribution >= 4 is 17.3 Å². The molecule has 1 saturated heterocycles. The van der Waals surface area contributed by atoms with Gasteiger partial charge in [0.2, 0.25) is 0 Å². The number of carbonyl (C=O) groups is 1. The summed E-state index contributed by atoms with van der Waals surface area (Å²) in [5, 5.41) is 12.2. The summed E-state index contributed by atoms with van der Waals surface area (Å²) in [7, 11) is 3.63. The molecule has 1 fully saturated rings. The molecule has 0 saturated carbocycles. The van der Waals surface area contributed by atoms with Crippen LogP contribution in [-0.2, 0) is 0 Å². The van der Waals surface area contributed by atoms with Crippen molar-refractivity contribution in [2.24, 2.45) is 0 Å². The lowest BCUT2D eigenvalue weighted by atomic mass is 10.1. The Hall–Kier alpha value is -3.78. The average molecular weight is 435 g/mol. The first-order chi connectivity index (χ1) is 15.4. The molecule has 8 nitrogen and oxygen atoms in total. The highest BCUT2D eigenvalue weighted by atomic mass is 16.5. The molecular formula is C24H25N3O5. The van der Waals surface area contributed by atoms with Crippen LogP contribution in [0.4, 0.5) is 11.4 Å². The number of methoxy groups -OCH3 is 1. The van der Waals surface area contributed by atoms with E-state index >= 15 is 0 Å². The van der Waals surface area contributed by atoms with Gasteiger partial charge in [0.1, 0.15) is 22.8 Å². The van der Waals surface area contributed by atoms with Crippen LogP contribution in [0.1, 0.15) is 10.4 Å². The van der Waals surface area contributed by atoms with Crippen molar-refractivity contribution in [3.8, 4) is 22.8 Å². The number of nitrogens with zero attached hydrogens (tertiary/aromatic N) is 2. The Morgan fingerprint density at radius 1 is 1.03 bits per heavy atom. The molecule has 2 N–H and O–H groups in total. The number of carbonyl (C=O) groups excluding carboxylic acids is 1. The van der Waals surface area contributed by atoms with Crippen LogP contribution in [0.15, 0.2) is 63.8 Å². The third-order valence-corrected chi connectivity index (χ3v) is 5.50. The first-order valence-electron chi connectivity index (χ1n) is 10.3. The van der Waals surface area contributed by atoms with Gasteiger partial charge in [-0.2, -0.15) is 0 Å². The molecule has 4 rings (SSSR count). The maximum Gasteiger partial charge on any atom is 0.351 e. The van der Waals surface area contributed by atoms with Crippen LogP contribution in [-0.4, -0.2) is 56.3 Å². The van der Waals surface area contributed by atoms with Crippen LogP contribution in [0.25, 0.3) is 11.3 Å². The van der Waals surface area contributed by atoms with E-state index in [-0.39, 0.29) is 11.3 Å². The number of aromatic hydroxyl groups is 1. The summed E-state index contributed by atoms with van der Waals surface area (Å²) in [6.07, 6.45) is 0. The molecule has 0 aliphatic carbocycles. The minimum Gasteiger partial charge on any atom is -0.508 e. The molecule has 0 unspecified atom stereocenters. The number of hydrogen-bond acceptors (Lipinski definition) is 7. The van der Waals surface area contributed by atoms with Gasteiger partial charge in [0.05, 0.1) is 12.8 Å². The first kappa shape index (κ1) is 21.5. The Labute approximate surface area is 185 Å². The zero-order valence-corrected chi connectivity index (χ0v) is 18.0. The van der Waals surface area contributed by atoms with E-state index < -0.39 is 11.5 Å². The number of hydrogen-bond donors (Lipinski definition) is 2. The second-order valence-corrected chi connectivity index (χ2v) is 7.68. The standard InChI is InChI=1S/C24H25N3O5/c1-26-11-13-27(14-12-26)20-15-21(16-3-9-19(31-2)10-4-16)32-24(30)22(20)23(29)25-17-5-7-18(28)8-6-17/h3-10,15,28H,11-14H2,1-2H3,(H,25,29). The Morgan fingerprint density at radius 3 is 2.31 bits per heavy atom. The predicted molar refractivity (Wildman–Crippen MR) is 123 cm³/mol. The van der Waals surface area contributed by atoms with Crippen LogP contribution >= 0.6 is 0 Å². The number of ether oxygens (including phenoxy) is 1. The van der Waals surface area contributed by atoms with Gasteiger partial charge in [0.15, 0.2) is 0 Å². The van der Waals surface area contributed by atoms with E-state index in [0.717, 1.165) is 13.1 Å². The summed E-state index contributed by atoms with van der Waals surface area (Å²) >= 11 is 0. The van der Waals surface area contributed by atoms with Crippen molar-refractivity contribution in [1.82, 2.24) is 4.90 Å². The highest BCUT2D eigenvalue weighted by molar-refractivity contribution is 6.08. The fourth-order valence-electron chi connectivity index (χ4n) is 3.62. The van der Waals surface area contributed by atoms with Crippen LogP contribution in [0.5, 0.6) is 11.5 Å². The number of anilines is 2. The number of phenols is 1. The van der Waals surface area contributed by atoms with Crippen molar-refractivity contribution in [2.45, 2.75) is 0 Å². The summed E-state index contributed by atoms with van der Waals surface area (Å²) in [6.45, 7) is 3.00. The molecule has 2 aromatic carbocycles. The molecule has 0 radical (unpaired) electrons. The largest absolute Gasteiger partial charge is 0.508 e. The minimum absolute atomic E-state index is 0.0418. The topological polar surface area (TPSA) is 95.3 Å². The van der Waals surface area contributed by atoms with Crippen molar-refractivity contribution in [2.75, 3.05) is 50.6 Å². The van der Waals surface area contributed by atoms with E-state index in [0.29, 0.717) is 41.5 Å². The molecule has 2 heterocycles. The van der Waals surface area contributed by atoms with Crippen molar-refractivity contribution in [3.05, 3.63) is 70.6 Å². The van der Waals surface area contributed by atoms with Crippen molar-refractivity contribution in [3.63, 3.8) is 0 Å². The van der Waals surface area contributed by atoms with Crippen LogP contribution in [0.3, 0.4) is 0 Å². The fourth-order valence-corrected chi connectivity index (χ4v) is 3.62. The Kier molecular flexibility index (Phi) is 6.13. The monoisotopic (exact) mass is 435 g/mol. The third kappa shape index (κ3) is 4.60. The molecule has 1 aliphatic heterocycles. The summed E-state index contributed by atoms with van der Waals surface area (Å²) in [5.41, 5.74) is 0.972. The van der Waals surface area contributed by atoms with Gasteiger partial charge >= 0.3 is 5.63 Å². The molecule has 0 atom stereocenters. The van der Waals surface area contributed by atoms with E-state index in [9.17, 15) is 14.7 Å². The summed E-state index contributed by atoms with van der Waals surface area (Å²) < 4.78 is 10.8. The van der Waals surface area contributed by atoms with E-state index in [4.69, 9.17) is 9.15 Å². The van der Waals surface area contributed by atoms with Crippen molar-refractivity contribution in [1.29, 1.82) is 0 Å². The fraction of sp³-hybridized carbons (Fsp3) is 0.250. The molecule has 1 aromatic heterocycles. The maximum absolute atomic E-state index is 13.1. The van der Waals surface area contributed by atoms with E-state index in [1.165, 1.54) is 12.1 Å². The number of benzene rings is 2. The quantitative estimate of drug-likeness (QED) is 0.595. The predicted octanol–water partition coefficient (Wildman–Crippen LogP) is 3.03. The smallest absolute Gasteiger partial charge is 0.351 e. The Morgan fingerprint density at radius 2 is 1.69 bits per heavy atom. The summed E-state index contributed by atoms with van der Waals surface area (Å²) in [5.74, 6) is 0.609. The van der Waals surface area contributed by atoms with Gasteiger partial charge in [-0.25, -0.2) is 4.79 Å². The van der Waals surface area contributed by atoms with Crippen molar-refractivity contribution < 1.29 is 19.1 Å². The van der Waals surface area contributed by atoms with Gasteiger partial charge in [0.25, 0.3) is 5.91 Å². The number of amides is 1. The van der Waals surface area contributed by atoms with Crippen LogP contribution in [0, 0.1) is 0 Å². The lowest BCUT2D eigenvalue weighted by Gasteiger charge is -2.34. The number of piperazine rings is 1. The molecule has 32 heavy (non-hydrogen) atoms. The molecule has 8 heteroatoms. The molecule has 1 amide bonds. The molecule has 0 bridgehead atoms. The minimum atomic E-state index is -0.705. The van der Waals surface area contributed by atoms with Gasteiger partial charge in [0, 0.05) is 43.5 Å². The van der Waals surface area contributed by atoms with E-state index in [1.54, 1.807) is 49.6 Å². The summed E-state index contributed by atoms with van der Waals surface area (Å²) in [4.78, 5) is 30.3. The molecule has 3 aromatic rings. The number of phenolic OH excluding ortho intramolecular Hbond substituents is 1. The lowest BCUT2D eigenvalue weighted by molar-refractivity contribution is 0.102. The first-order valence-corrected chi connectivity index (χ1v) is 10.3. The van der Waals surface area contributed by atoms with Gasteiger partial charge in [-0.1, -0.05) is 0 Å². The third-order valence-electron chi connectivity index (χ3n) is 5.50. The molecule has 166 valence electrons. The number of likely N-dealkylation sites (N-methyl/N-ethyl adjacent to an activating group) is 1. The SMILES string of the molecule is COc1ccc(-c2cc(N3CCN(C)CC3)c(C(=O)Nc3ccc(O)cc3)c(=O)o2)cc1. The normalized spacial score (nSPS) is 14.2. The van der Waals surface area contributed by atoms with Crippen LogP contribution < -0.4 is 20.6 Å². The Balaban J connectivity index is 1.74. The average Bonchev–Trinajstić information content (AvgIpc) is 2.80. The van der Waals surface area contributed by atoms with E-state index in [2.05, 4.69) is 10.2 Å². The van der Waals surface area contributed by atoms with Gasteiger partial charge in [-0.3, -0.25) is 4.79 Å². The lowest BCUT2D eigenvalue weighted by Crippen LogP contribution is -2.45. The maximum atomic E-state index is 13.1. The Bertz CT molecular complexity index is 1150. The zero-order valence-electron chi connectivity index (χ0n) is 18.0. The summed E-state index contributed by atoms with van der Waals surface area (Å²) in [6, 6.07) is 15.0. The van der Waals surface area contributed by atoms with Gasteiger partial charge in [-0.05, 0) is 55.6 Å². The zero-order chi connectivity index (χ0) is 22.7. The molecule has 1 aliphatic rings. The highest BCUT2D eigenvalue weighted by Gasteiger charge is 2.26. The number of rotatable bonds is 5. The van der Waals surface area contributed by atoms with E-state index in [1.807, 2.05) is 11.9 Å². The highest BCUT2D eigenvalue weighted by Crippen LogP contribution is 2.29.